The van der Waals surface area contributed by atoms with Crippen molar-refractivity contribution in [1.29, 1.82) is 0 Å². The van der Waals surface area contributed by atoms with Gasteiger partial charge in [-0.05, 0) is 51.3 Å². The smallest absolute Gasteiger partial charge is 0.410 e. The van der Waals surface area contributed by atoms with E-state index in [9.17, 15) is 4.79 Å². The number of piperazine rings is 1. The van der Waals surface area contributed by atoms with Gasteiger partial charge in [0, 0.05) is 26.2 Å². The molecule has 0 aliphatic carbocycles. The monoisotopic (exact) mass is 388 g/mol. The minimum atomic E-state index is -0.461. The van der Waals surface area contributed by atoms with Gasteiger partial charge in [0.25, 0.3) is 0 Å². The Morgan fingerprint density at radius 2 is 2.00 bits per heavy atom. The SMILES string of the molecule is COc1ccc(CCCNC2=NCC3CN(C(=O)OC(C)(C)C)CCN23)cc1. The fraction of sp³-hybridized carbons (Fsp3) is 0.619. The number of hydrogen-bond acceptors (Lipinski definition) is 6. The van der Waals surface area contributed by atoms with Gasteiger partial charge >= 0.3 is 6.09 Å². The van der Waals surface area contributed by atoms with Crippen molar-refractivity contribution in [2.24, 2.45) is 4.99 Å². The van der Waals surface area contributed by atoms with E-state index in [0.29, 0.717) is 13.1 Å². The molecular weight excluding hydrogens is 356 g/mol. The number of ether oxygens (including phenoxy) is 2. The number of aryl methyl sites for hydroxylation is 1. The number of carbonyl (C=O) groups excluding carboxylic acids is 1. The zero-order chi connectivity index (χ0) is 20.1. The molecule has 2 heterocycles. The van der Waals surface area contributed by atoms with E-state index in [4.69, 9.17) is 9.47 Å². The molecule has 3 rings (SSSR count). The van der Waals surface area contributed by atoms with Crippen LogP contribution in [0.15, 0.2) is 29.3 Å². The van der Waals surface area contributed by atoms with Gasteiger partial charge < -0.3 is 24.6 Å². The topological polar surface area (TPSA) is 66.4 Å². The van der Waals surface area contributed by atoms with Crippen LogP contribution in [-0.4, -0.2) is 73.3 Å². The molecule has 1 unspecified atom stereocenters. The first-order chi connectivity index (χ1) is 13.4. The van der Waals surface area contributed by atoms with Crippen LogP contribution in [-0.2, 0) is 11.2 Å². The van der Waals surface area contributed by atoms with Crippen molar-refractivity contribution in [2.45, 2.75) is 45.3 Å². The minimum absolute atomic E-state index is 0.229. The summed E-state index contributed by atoms with van der Waals surface area (Å²) in [5.41, 5.74) is 0.844. The summed E-state index contributed by atoms with van der Waals surface area (Å²) in [7, 11) is 1.68. The first kappa shape index (κ1) is 20.3. The molecule has 1 N–H and O–H groups in total. The number of benzene rings is 1. The molecule has 0 bridgehead atoms. The zero-order valence-electron chi connectivity index (χ0n) is 17.4. The number of rotatable bonds is 5. The predicted molar refractivity (Wildman–Crippen MR) is 110 cm³/mol. The van der Waals surface area contributed by atoms with E-state index >= 15 is 0 Å². The van der Waals surface area contributed by atoms with Crippen LogP contribution < -0.4 is 10.1 Å². The maximum atomic E-state index is 12.3. The average Bonchev–Trinajstić information content (AvgIpc) is 3.06. The third-order valence-corrected chi connectivity index (χ3v) is 4.94. The van der Waals surface area contributed by atoms with Crippen LogP contribution in [0.25, 0.3) is 0 Å². The maximum Gasteiger partial charge on any atom is 0.410 e. The van der Waals surface area contributed by atoms with Crippen LogP contribution in [0.1, 0.15) is 32.8 Å². The van der Waals surface area contributed by atoms with E-state index in [1.54, 1.807) is 12.0 Å². The molecule has 154 valence electrons. The number of fused-ring (bicyclic) bond motifs is 1. The molecular formula is C21H32N4O3. The number of nitrogens with one attached hydrogen (secondary N) is 1. The second kappa shape index (κ2) is 8.71. The number of guanidine groups is 1. The van der Waals surface area contributed by atoms with Crippen LogP contribution >= 0.6 is 0 Å². The largest absolute Gasteiger partial charge is 0.497 e. The number of nitrogens with zero attached hydrogens (tertiary/aromatic N) is 3. The minimum Gasteiger partial charge on any atom is -0.497 e. The molecule has 7 heteroatoms. The lowest BCUT2D eigenvalue weighted by Crippen LogP contribution is -2.57. The Labute approximate surface area is 167 Å². The summed E-state index contributed by atoms with van der Waals surface area (Å²) in [6.45, 7) is 9.40. The lowest BCUT2D eigenvalue weighted by Gasteiger charge is -2.39. The Kier molecular flexibility index (Phi) is 6.31. The third kappa shape index (κ3) is 5.30. The van der Waals surface area contributed by atoms with Crippen LogP contribution in [0.2, 0.25) is 0 Å². The van der Waals surface area contributed by atoms with Gasteiger partial charge in [0.05, 0.1) is 19.7 Å². The molecule has 1 aromatic carbocycles. The predicted octanol–water partition coefficient (Wildman–Crippen LogP) is 2.51. The average molecular weight is 389 g/mol. The van der Waals surface area contributed by atoms with Crippen molar-refractivity contribution in [2.75, 3.05) is 39.8 Å². The number of methoxy groups -OCH3 is 1. The Balaban J connectivity index is 1.40. The normalized spacial score (nSPS) is 19.1. The second-order valence-corrected chi connectivity index (χ2v) is 8.32. The van der Waals surface area contributed by atoms with E-state index in [1.807, 2.05) is 32.9 Å². The third-order valence-electron chi connectivity index (χ3n) is 4.94. The van der Waals surface area contributed by atoms with Crippen molar-refractivity contribution in [1.82, 2.24) is 15.1 Å². The first-order valence-electron chi connectivity index (χ1n) is 10.0. The first-order valence-corrected chi connectivity index (χ1v) is 10.0. The van der Waals surface area contributed by atoms with Crippen molar-refractivity contribution in [3.63, 3.8) is 0 Å². The number of aliphatic imine (C=N–C) groups is 1. The molecule has 1 atom stereocenters. The molecule has 2 aliphatic rings. The van der Waals surface area contributed by atoms with E-state index < -0.39 is 5.60 Å². The molecule has 1 aromatic rings. The molecule has 1 fully saturated rings. The van der Waals surface area contributed by atoms with Gasteiger partial charge in [-0.1, -0.05) is 12.1 Å². The van der Waals surface area contributed by atoms with Gasteiger partial charge in [-0.25, -0.2) is 4.79 Å². The Morgan fingerprint density at radius 1 is 1.25 bits per heavy atom. The molecule has 0 aromatic heterocycles. The Hall–Kier alpha value is -2.44. The highest BCUT2D eigenvalue weighted by molar-refractivity contribution is 5.82. The van der Waals surface area contributed by atoms with E-state index in [-0.39, 0.29) is 12.1 Å². The summed E-state index contributed by atoms with van der Waals surface area (Å²) >= 11 is 0. The fourth-order valence-electron chi connectivity index (χ4n) is 3.51. The quantitative estimate of drug-likeness (QED) is 0.785. The van der Waals surface area contributed by atoms with Crippen LogP contribution in [0.4, 0.5) is 4.79 Å². The summed E-state index contributed by atoms with van der Waals surface area (Å²) in [6.07, 6.45) is 1.82. The highest BCUT2D eigenvalue weighted by Gasteiger charge is 2.36. The number of amides is 1. The van der Waals surface area contributed by atoms with E-state index in [0.717, 1.165) is 44.2 Å². The molecule has 1 amide bonds. The highest BCUT2D eigenvalue weighted by atomic mass is 16.6. The molecule has 1 saturated heterocycles. The fourth-order valence-corrected chi connectivity index (χ4v) is 3.51. The standard InChI is InChI=1S/C21H32N4O3/c1-21(2,3)28-20(26)24-12-13-25-17(15-24)14-23-19(25)22-11-5-6-16-7-9-18(27-4)10-8-16/h7-10,17H,5-6,11-15H2,1-4H3,(H,22,23). The van der Waals surface area contributed by atoms with Crippen LogP contribution in [0.3, 0.4) is 0 Å². The van der Waals surface area contributed by atoms with Gasteiger partial charge in [0.15, 0.2) is 5.96 Å². The van der Waals surface area contributed by atoms with Crippen LogP contribution in [0, 0.1) is 0 Å². The van der Waals surface area contributed by atoms with Gasteiger partial charge in [0.1, 0.15) is 11.4 Å². The lowest BCUT2D eigenvalue weighted by molar-refractivity contribution is 0.0137. The summed E-state index contributed by atoms with van der Waals surface area (Å²) in [5, 5.41) is 3.47. The molecule has 0 radical (unpaired) electrons. The highest BCUT2D eigenvalue weighted by Crippen LogP contribution is 2.19. The molecule has 0 spiro atoms. The molecule has 28 heavy (non-hydrogen) atoms. The van der Waals surface area contributed by atoms with Crippen molar-refractivity contribution >= 4 is 12.1 Å². The van der Waals surface area contributed by atoms with Crippen molar-refractivity contribution < 1.29 is 14.3 Å². The second-order valence-electron chi connectivity index (χ2n) is 8.32. The van der Waals surface area contributed by atoms with Gasteiger partial charge in [0.2, 0.25) is 0 Å². The molecule has 2 aliphatic heterocycles. The zero-order valence-corrected chi connectivity index (χ0v) is 17.4. The maximum absolute atomic E-state index is 12.3. The Morgan fingerprint density at radius 3 is 2.68 bits per heavy atom. The Bertz CT molecular complexity index is 697. The van der Waals surface area contributed by atoms with E-state index in [2.05, 4.69) is 27.3 Å². The molecule has 7 nitrogen and oxygen atoms in total. The lowest BCUT2D eigenvalue weighted by atomic mass is 10.1. The van der Waals surface area contributed by atoms with Gasteiger partial charge in [-0.2, -0.15) is 0 Å². The van der Waals surface area contributed by atoms with Crippen molar-refractivity contribution in [3.8, 4) is 5.75 Å². The molecule has 0 saturated carbocycles. The summed E-state index contributed by atoms with van der Waals surface area (Å²) < 4.78 is 10.7. The summed E-state index contributed by atoms with van der Waals surface area (Å²) in [4.78, 5) is 21.0. The summed E-state index contributed by atoms with van der Waals surface area (Å²) in [6, 6.07) is 8.46. The number of carbonyl (C=O) groups is 1. The van der Waals surface area contributed by atoms with Crippen molar-refractivity contribution in [3.05, 3.63) is 29.8 Å². The number of hydrogen-bond donors (Lipinski definition) is 1. The van der Waals surface area contributed by atoms with Gasteiger partial charge in [-0.3, -0.25) is 4.99 Å². The van der Waals surface area contributed by atoms with E-state index in [1.165, 1.54) is 5.56 Å². The van der Waals surface area contributed by atoms with Crippen LogP contribution in [0.5, 0.6) is 5.75 Å². The summed E-state index contributed by atoms with van der Waals surface area (Å²) in [5.74, 6) is 1.85. The van der Waals surface area contributed by atoms with Gasteiger partial charge in [-0.15, -0.1) is 0 Å².